The Morgan fingerprint density at radius 1 is 1.37 bits per heavy atom. The minimum absolute atomic E-state index is 0.544. The molecule has 2 N–H and O–H groups in total. The van der Waals surface area contributed by atoms with E-state index in [2.05, 4.69) is 19.9 Å². The second-order valence-electron chi connectivity index (χ2n) is 3.48. The van der Waals surface area contributed by atoms with Crippen LogP contribution in [-0.4, -0.2) is 21.9 Å². The Morgan fingerprint density at radius 3 is 2.53 bits per heavy atom. The van der Waals surface area contributed by atoms with Crippen molar-refractivity contribution < 1.29 is 9.84 Å². The number of nitriles is 1. The largest absolute Gasteiger partial charge is 0.290 e. The predicted octanol–water partition coefficient (Wildman–Crippen LogP) is 1.88. The molecule has 7 nitrogen and oxygen atoms in total. The minimum Gasteiger partial charge on any atom is -0.290 e. The molecule has 0 fully saturated rings. The van der Waals surface area contributed by atoms with E-state index in [1.54, 1.807) is 29.7 Å². The zero-order valence-electron chi connectivity index (χ0n) is 10.5. The third-order valence-corrected chi connectivity index (χ3v) is 2.13. The molecule has 0 saturated carbocycles. The van der Waals surface area contributed by atoms with Gasteiger partial charge in [-0.3, -0.25) is 10.7 Å². The summed E-state index contributed by atoms with van der Waals surface area (Å²) >= 11 is 0. The smallest absolute Gasteiger partial charge is 0.113 e. The average molecular weight is 259 g/mol. The molecule has 0 radical (unpaired) electrons. The normalized spacial score (nSPS) is 9.58. The molecular weight excluding hydrogens is 246 g/mol. The average Bonchev–Trinajstić information content (AvgIpc) is 2.81. The Kier molecular flexibility index (Phi) is 5.72. The fraction of sp³-hybridized carbons (Fsp3) is 0.167. The van der Waals surface area contributed by atoms with Crippen molar-refractivity contribution in [2.75, 3.05) is 0 Å². The van der Waals surface area contributed by atoms with Gasteiger partial charge in [0.25, 0.3) is 0 Å². The molecule has 0 aliphatic rings. The monoisotopic (exact) mass is 259 g/mol. The molecule has 0 aliphatic heterocycles. The highest BCUT2D eigenvalue weighted by atomic mass is 16.6. The first-order valence-corrected chi connectivity index (χ1v) is 5.35. The van der Waals surface area contributed by atoms with Crippen LogP contribution in [0.2, 0.25) is 0 Å². The van der Waals surface area contributed by atoms with Crippen LogP contribution in [0.15, 0.2) is 33.9 Å². The summed E-state index contributed by atoms with van der Waals surface area (Å²) in [6.07, 6.45) is 1.14. The summed E-state index contributed by atoms with van der Waals surface area (Å²) in [5.41, 5.74) is 4.67. The molecule has 1 heterocycles. The molecule has 98 valence electrons. The van der Waals surface area contributed by atoms with Crippen molar-refractivity contribution in [3.8, 4) is 6.07 Å². The van der Waals surface area contributed by atoms with Crippen molar-refractivity contribution in [1.29, 1.82) is 5.26 Å². The third-order valence-electron chi connectivity index (χ3n) is 2.13. The molecule has 2 aromatic rings. The highest BCUT2D eigenvalue weighted by Crippen LogP contribution is 2.12. The number of hydroxylamine groups is 1. The van der Waals surface area contributed by atoms with Gasteiger partial charge in [0.1, 0.15) is 17.7 Å². The number of hydrogen-bond acceptors (Lipinski definition) is 6. The van der Waals surface area contributed by atoms with Gasteiger partial charge in [-0.25, -0.2) is 9.62 Å². The van der Waals surface area contributed by atoms with E-state index in [1.807, 2.05) is 19.9 Å². The second-order valence-corrected chi connectivity index (χ2v) is 3.48. The molecule has 2 rings (SSSR count). The predicted molar refractivity (Wildman–Crippen MR) is 68.0 cm³/mol. The van der Waals surface area contributed by atoms with Crippen LogP contribution in [0, 0.1) is 25.2 Å². The van der Waals surface area contributed by atoms with Crippen LogP contribution in [0.5, 0.6) is 0 Å². The first-order valence-electron chi connectivity index (χ1n) is 5.35. The number of aliphatic imine (C=N–C) groups is 1. The molecule has 0 amide bonds. The molecule has 7 heteroatoms. The van der Waals surface area contributed by atoms with Crippen LogP contribution < -0.4 is 5.48 Å². The lowest BCUT2D eigenvalue weighted by atomic mass is 10.2. The number of rotatable bonds is 2. The minimum atomic E-state index is 0.544. The summed E-state index contributed by atoms with van der Waals surface area (Å²) in [7, 11) is 0. The number of aryl methyl sites for hydroxylation is 2. The van der Waals surface area contributed by atoms with Crippen molar-refractivity contribution in [3.63, 3.8) is 0 Å². The van der Waals surface area contributed by atoms with Crippen LogP contribution in [0.3, 0.4) is 0 Å². The number of benzene rings is 1. The van der Waals surface area contributed by atoms with Gasteiger partial charge >= 0.3 is 0 Å². The van der Waals surface area contributed by atoms with Gasteiger partial charge in [-0.05, 0) is 32.0 Å². The summed E-state index contributed by atoms with van der Waals surface area (Å²) in [5, 5.41) is 23.8. The Morgan fingerprint density at radius 2 is 2.05 bits per heavy atom. The van der Waals surface area contributed by atoms with Crippen molar-refractivity contribution in [1.82, 2.24) is 15.8 Å². The summed E-state index contributed by atoms with van der Waals surface area (Å²) in [6, 6.07) is 8.75. The standard InChI is InChI=1S/C8H7N3O.C4H6N2O/c9-5-7-2-1-3-8(4-7)10-6-11-12;1-3-4(2)6-7-5-3/h1-4,6,12H,(H,10,11);1-2H3. The molecule has 0 bridgehead atoms. The van der Waals surface area contributed by atoms with Gasteiger partial charge in [0, 0.05) is 0 Å². The van der Waals surface area contributed by atoms with Crippen LogP contribution in [-0.2, 0) is 0 Å². The topological polar surface area (TPSA) is 107 Å². The van der Waals surface area contributed by atoms with Crippen LogP contribution in [0.4, 0.5) is 5.69 Å². The maximum absolute atomic E-state index is 8.52. The summed E-state index contributed by atoms with van der Waals surface area (Å²) in [4.78, 5) is 3.80. The molecule has 0 unspecified atom stereocenters. The summed E-state index contributed by atoms with van der Waals surface area (Å²) in [5.74, 6) is 0. The SMILES string of the molecule is Cc1nonc1C.N#Cc1cccc(N=CNO)c1. The van der Waals surface area contributed by atoms with Gasteiger partial charge < -0.3 is 0 Å². The lowest BCUT2D eigenvalue weighted by Crippen LogP contribution is -2.00. The van der Waals surface area contributed by atoms with E-state index >= 15 is 0 Å². The van der Waals surface area contributed by atoms with Crippen molar-refractivity contribution >= 4 is 12.0 Å². The highest BCUT2D eigenvalue weighted by Gasteiger charge is 1.93. The van der Waals surface area contributed by atoms with E-state index in [0.717, 1.165) is 17.7 Å². The molecule has 0 aliphatic carbocycles. The van der Waals surface area contributed by atoms with Gasteiger partial charge in [-0.2, -0.15) is 5.26 Å². The van der Waals surface area contributed by atoms with E-state index in [1.165, 1.54) is 0 Å². The summed E-state index contributed by atoms with van der Waals surface area (Å²) in [6.45, 7) is 3.71. The second kappa shape index (κ2) is 7.58. The van der Waals surface area contributed by atoms with Crippen molar-refractivity contribution in [3.05, 3.63) is 41.2 Å². The zero-order valence-corrected chi connectivity index (χ0v) is 10.5. The van der Waals surface area contributed by atoms with E-state index in [9.17, 15) is 0 Å². The van der Waals surface area contributed by atoms with Gasteiger partial charge in [0.05, 0.1) is 17.3 Å². The van der Waals surface area contributed by atoms with Crippen LogP contribution >= 0.6 is 0 Å². The van der Waals surface area contributed by atoms with Gasteiger partial charge in [0.2, 0.25) is 0 Å². The summed E-state index contributed by atoms with van der Waals surface area (Å²) < 4.78 is 4.34. The first-order chi connectivity index (χ1) is 9.17. The maximum atomic E-state index is 8.52. The molecule has 1 aromatic carbocycles. The van der Waals surface area contributed by atoms with Crippen LogP contribution in [0.1, 0.15) is 17.0 Å². The van der Waals surface area contributed by atoms with E-state index in [0.29, 0.717) is 11.3 Å². The molecule has 0 atom stereocenters. The Labute approximate surface area is 110 Å². The van der Waals surface area contributed by atoms with E-state index in [-0.39, 0.29) is 0 Å². The fourth-order valence-corrected chi connectivity index (χ4v) is 1.03. The van der Waals surface area contributed by atoms with E-state index in [4.69, 9.17) is 10.5 Å². The lowest BCUT2D eigenvalue weighted by Gasteiger charge is -1.92. The van der Waals surface area contributed by atoms with Gasteiger partial charge in [-0.15, -0.1) is 0 Å². The fourth-order valence-electron chi connectivity index (χ4n) is 1.03. The quantitative estimate of drug-likeness (QED) is 0.484. The molecule has 1 aromatic heterocycles. The number of nitrogens with one attached hydrogen (secondary N) is 1. The molecular formula is C12H13N5O2. The Bertz CT molecular complexity index is 569. The maximum Gasteiger partial charge on any atom is 0.113 e. The lowest BCUT2D eigenvalue weighted by molar-refractivity contribution is 0.240. The van der Waals surface area contributed by atoms with E-state index < -0.39 is 0 Å². The first kappa shape index (κ1) is 14.3. The Hall–Kier alpha value is -2.72. The molecule has 19 heavy (non-hydrogen) atoms. The highest BCUT2D eigenvalue weighted by molar-refractivity contribution is 5.60. The van der Waals surface area contributed by atoms with Crippen molar-refractivity contribution in [2.24, 2.45) is 4.99 Å². The number of nitrogens with zero attached hydrogens (tertiary/aromatic N) is 4. The number of hydrogen-bond donors (Lipinski definition) is 2. The zero-order chi connectivity index (χ0) is 14.1. The number of aromatic nitrogens is 2. The third kappa shape index (κ3) is 4.97. The van der Waals surface area contributed by atoms with Crippen molar-refractivity contribution in [2.45, 2.75) is 13.8 Å². The van der Waals surface area contributed by atoms with Crippen LogP contribution in [0.25, 0.3) is 0 Å². The Balaban J connectivity index is 0.000000218. The van der Waals surface area contributed by atoms with Gasteiger partial charge in [-0.1, -0.05) is 16.4 Å². The molecule has 0 saturated heterocycles. The molecule has 0 spiro atoms. The van der Waals surface area contributed by atoms with Gasteiger partial charge in [0.15, 0.2) is 0 Å².